The average molecular weight is 398 g/mol. The van der Waals surface area contributed by atoms with Gasteiger partial charge in [0.1, 0.15) is 5.82 Å². The highest BCUT2D eigenvalue weighted by molar-refractivity contribution is 9.10. The number of carbonyl (C=O) groups excluding carboxylic acids is 1. The van der Waals surface area contributed by atoms with E-state index in [0.29, 0.717) is 0 Å². The van der Waals surface area contributed by atoms with E-state index in [-0.39, 0.29) is 17.9 Å². The molecule has 1 fully saturated rings. The summed E-state index contributed by atoms with van der Waals surface area (Å²) in [5.74, 6) is 1.24. The predicted octanol–water partition coefficient (Wildman–Crippen LogP) is 4.43. The van der Waals surface area contributed by atoms with Crippen LogP contribution in [0.2, 0.25) is 0 Å². The molecule has 1 unspecified atom stereocenters. The van der Waals surface area contributed by atoms with Crippen molar-refractivity contribution in [3.8, 4) is 0 Å². The molecule has 1 amide bonds. The summed E-state index contributed by atoms with van der Waals surface area (Å²) in [7, 11) is 0. The monoisotopic (exact) mass is 397 g/mol. The van der Waals surface area contributed by atoms with Crippen LogP contribution in [-0.4, -0.2) is 15.5 Å². The molecule has 4 rings (SSSR count). The number of carbonyl (C=O) groups is 1. The molecule has 3 aromatic rings. The highest BCUT2D eigenvalue weighted by Gasteiger charge is 2.31. The number of nitrogens with zero attached hydrogens (tertiary/aromatic N) is 2. The number of aromatic nitrogens is 2. The summed E-state index contributed by atoms with van der Waals surface area (Å²) >= 11 is 3.54. The highest BCUT2D eigenvalue weighted by atomic mass is 79.9. The molecule has 1 heterocycles. The molecule has 1 aliphatic rings. The largest absolute Gasteiger partial charge is 0.346 e. The second kappa shape index (κ2) is 6.64. The Balaban J connectivity index is 1.71. The molecule has 128 valence electrons. The van der Waals surface area contributed by atoms with Crippen LogP contribution >= 0.6 is 15.9 Å². The number of hydrogen-bond donors (Lipinski definition) is 1. The number of amides is 1. The quantitative estimate of drug-likeness (QED) is 0.691. The molecule has 0 bridgehead atoms. The van der Waals surface area contributed by atoms with Crippen molar-refractivity contribution in [2.75, 3.05) is 0 Å². The predicted molar refractivity (Wildman–Crippen MR) is 102 cm³/mol. The highest BCUT2D eigenvalue weighted by Crippen LogP contribution is 2.30. The zero-order valence-corrected chi connectivity index (χ0v) is 15.7. The van der Waals surface area contributed by atoms with E-state index in [4.69, 9.17) is 4.98 Å². The summed E-state index contributed by atoms with van der Waals surface area (Å²) in [6, 6.07) is 16.3. The Labute approximate surface area is 155 Å². The van der Waals surface area contributed by atoms with Gasteiger partial charge in [0.25, 0.3) is 0 Å². The minimum Gasteiger partial charge on any atom is -0.346 e. The topological polar surface area (TPSA) is 46.9 Å². The van der Waals surface area contributed by atoms with Gasteiger partial charge in [0, 0.05) is 16.9 Å². The van der Waals surface area contributed by atoms with Gasteiger partial charge in [-0.3, -0.25) is 4.79 Å². The van der Waals surface area contributed by atoms with Crippen LogP contribution < -0.4 is 5.32 Å². The van der Waals surface area contributed by atoms with Crippen LogP contribution in [0, 0.1) is 5.92 Å². The maximum atomic E-state index is 12.2. The number of imidazole rings is 1. The lowest BCUT2D eigenvalue weighted by Crippen LogP contribution is -2.29. The molecular formula is C20H20BrN3O. The fourth-order valence-electron chi connectivity index (χ4n) is 3.15. The third kappa shape index (κ3) is 3.47. The molecule has 1 N–H and O–H groups in total. The van der Waals surface area contributed by atoms with Gasteiger partial charge >= 0.3 is 0 Å². The molecule has 1 atom stereocenters. The Morgan fingerprint density at radius 2 is 2.08 bits per heavy atom. The molecule has 4 nitrogen and oxygen atoms in total. The first-order chi connectivity index (χ1) is 12.1. The summed E-state index contributed by atoms with van der Waals surface area (Å²) in [6.07, 6.45) is 2.01. The summed E-state index contributed by atoms with van der Waals surface area (Å²) in [5, 5.41) is 3.13. The van der Waals surface area contributed by atoms with E-state index in [2.05, 4.69) is 44.0 Å². The lowest BCUT2D eigenvalue weighted by Gasteiger charge is -2.16. The van der Waals surface area contributed by atoms with E-state index >= 15 is 0 Å². The maximum absolute atomic E-state index is 12.2. The second-order valence-corrected chi connectivity index (χ2v) is 7.60. The van der Waals surface area contributed by atoms with Gasteiger partial charge in [0.05, 0.1) is 17.1 Å². The molecule has 0 aliphatic heterocycles. The average Bonchev–Trinajstić information content (AvgIpc) is 3.38. The third-order valence-corrected chi connectivity index (χ3v) is 5.10. The van der Waals surface area contributed by atoms with Gasteiger partial charge in [-0.1, -0.05) is 40.2 Å². The van der Waals surface area contributed by atoms with Crippen molar-refractivity contribution in [3.63, 3.8) is 0 Å². The number of para-hydroxylation sites is 2. The van der Waals surface area contributed by atoms with Gasteiger partial charge in [0.15, 0.2) is 0 Å². The van der Waals surface area contributed by atoms with E-state index < -0.39 is 0 Å². The fraction of sp³-hybridized carbons (Fsp3) is 0.300. The van der Waals surface area contributed by atoms with Crippen molar-refractivity contribution >= 4 is 32.9 Å². The van der Waals surface area contributed by atoms with Gasteiger partial charge in [-0.15, -0.1) is 0 Å². The minimum atomic E-state index is -0.118. The molecule has 1 saturated carbocycles. The molecular weight excluding hydrogens is 378 g/mol. The number of halogens is 1. The first kappa shape index (κ1) is 16.3. The molecule has 25 heavy (non-hydrogen) atoms. The maximum Gasteiger partial charge on any atom is 0.223 e. The van der Waals surface area contributed by atoms with Crippen LogP contribution in [0.4, 0.5) is 0 Å². The van der Waals surface area contributed by atoms with E-state index in [0.717, 1.165) is 40.7 Å². The van der Waals surface area contributed by atoms with Crippen LogP contribution in [0.3, 0.4) is 0 Å². The normalized spacial score (nSPS) is 15.3. The summed E-state index contributed by atoms with van der Waals surface area (Å²) in [5.41, 5.74) is 3.24. The minimum absolute atomic E-state index is 0.118. The fourth-order valence-corrected chi connectivity index (χ4v) is 3.60. The second-order valence-electron chi connectivity index (χ2n) is 6.68. The molecule has 0 radical (unpaired) electrons. The number of benzene rings is 2. The number of hydrogen-bond acceptors (Lipinski definition) is 2. The Hall–Kier alpha value is -2.14. The van der Waals surface area contributed by atoms with E-state index in [1.54, 1.807) is 0 Å². The Kier molecular flexibility index (Phi) is 4.34. The van der Waals surface area contributed by atoms with E-state index in [1.165, 1.54) is 5.56 Å². The van der Waals surface area contributed by atoms with Crippen LogP contribution in [0.1, 0.15) is 37.2 Å². The van der Waals surface area contributed by atoms with Crippen LogP contribution in [0.25, 0.3) is 11.0 Å². The smallest absolute Gasteiger partial charge is 0.223 e. The van der Waals surface area contributed by atoms with Crippen molar-refractivity contribution in [3.05, 3.63) is 64.4 Å². The summed E-state index contributed by atoms with van der Waals surface area (Å²) in [6.45, 7) is 2.73. The first-order valence-corrected chi connectivity index (χ1v) is 9.41. The van der Waals surface area contributed by atoms with E-state index in [9.17, 15) is 4.79 Å². The molecule has 2 aromatic carbocycles. The van der Waals surface area contributed by atoms with Crippen LogP contribution in [0.15, 0.2) is 53.0 Å². The number of fused-ring (bicyclic) bond motifs is 1. The van der Waals surface area contributed by atoms with Gasteiger partial charge in [-0.2, -0.15) is 0 Å². The van der Waals surface area contributed by atoms with Crippen LogP contribution in [-0.2, 0) is 11.3 Å². The first-order valence-electron chi connectivity index (χ1n) is 8.62. The van der Waals surface area contributed by atoms with Gasteiger partial charge in [-0.05, 0) is 49.6 Å². The van der Waals surface area contributed by atoms with Crippen molar-refractivity contribution in [2.24, 2.45) is 5.92 Å². The molecule has 1 aliphatic carbocycles. The number of rotatable bonds is 5. The van der Waals surface area contributed by atoms with Crippen LogP contribution in [0.5, 0.6) is 0 Å². The lowest BCUT2D eigenvalue weighted by atomic mass is 10.2. The van der Waals surface area contributed by atoms with Crippen molar-refractivity contribution < 1.29 is 4.79 Å². The Morgan fingerprint density at radius 3 is 2.84 bits per heavy atom. The zero-order valence-electron chi connectivity index (χ0n) is 14.1. The molecule has 0 spiro atoms. The van der Waals surface area contributed by atoms with Gasteiger partial charge in [-0.25, -0.2) is 4.98 Å². The van der Waals surface area contributed by atoms with Crippen molar-refractivity contribution in [1.29, 1.82) is 0 Å². The van der Waals surface area contributed by atoms with Gasteiger partial charge < -0.3 is 9.88 Å². The third-order valence-electron chi connectivity index (χ3n) is 4.61. The standard InChI is InChI=1S/C20H20BrN3O/c1-13(22-20(25)15-9-10-15)19-23-17-7-2-3-8-18(17)24(19)12-14-5-4-6-16(21)11-14/h2-8,11,13,15H,9-10,12H2,1H3,(H,22,25). The van der Waals surface area contributed by atoms with Crippen molar-refractivity contribution in [2.45, 2.75) is 32.4 Å². The van der Waals surface area contributed by atoms with Crippen molar-refractivity contribution in [1.82, 2.24) is 14.9 Å². The Bertz CT molecular complexity index is 930. The molecule has 0 saturated heterocycles. The summed E-state index contributed by atoms with van der Waals surface area (Å²) in [4.78, 5) is 17.0. The molecule has 1 aromatic heterocycles. The lowest BCUT2D eigenvalue weighted by molar-refractivity contribution is -0.123. The van der Waals surface area contributed by atoms with E-state index in [1.807, 2.05) is 37.3 Å². The molecule has 5 heteroatoms. The zero-order chi connectivity index (χ0) is 17.4. The summed E-state index contributed by atoms with van der Waals surface area (Å²) < 4.78 is 3.26. The SMILES string of the molecule is CC(NC(=O)C1CC1)c1nc2ccccc2n1Cc1cccc(Br)c1. The number of nitrogens with one attached hydrogen (secondary N) is 1. The Morgan fingerprint density at radius 1 is 1.28 bits per heavy atom. The van der Waals surface area contributed by atoms with Gasteiger partial charge in [0.2, 0.25) is 5.91 Å².